The fourth-order valence-electron chi connectivity index (χ4n) is 5.34. The maximum Gasteiger partial charge on any atom is 0.220 e. The summed E-state index contributed by atoms with van der Waals surface area (Å²) in [6, 6.07) is -0.649. The van der Waals surface area contributed by atoms with Crippen LogP contribution in [0.15, 0.2) is 85.1 Å². The van der Waals surface area contributed by atoms with Gasteiger partial charge in [-0.15, -0.1) is 0 Å². The Bertz CT molecular complexity index is 895. The predicted molar refractivity (Wildman–Crippen MR) is 211 cm³/mol. The van der Waals surface area contributed by atoms with Gasteiger partial charge in [-0.3, -0.25) is 4.79 Å². The number of carbonyl (C=O) groups is 1. The van der Waals surface area contributed by atoms with E-state index in [4.69, 9.17) is 0 Å². The molecule has 0 saturated heterocycles. The summed E-state index contributed by atoms with van der Waals surface area (Å²) < 4.78 is 0. The Morgan fingerprint density at radius 3 is 1.46 bits per heavy atom. The number of hydrogen-bond donors (Lipinski definition) is 3. The van der Waals surface area contributed by atoms with Crippen LogP contribution in [-0.2, 0) is 4.79 Å². The summed E-state index contributed by atoms with van der Waals surface area (Å²) in [5.41, 5.74) is 0. The highest BCUT2D eigenvalue weighted by molar-refractivity contribution is 5.76. The lowest BCUT2D eigenvalue weighted by Crippen LogP contribution is -2.45. The summed E-state index contributed by atoms with van der Waals surface area (Å²) in [5.74, 6) is -0.0909. The van der Waals surface area contributed by atoms with Crippen molar-refractivity contribution in [2.24, 2.45) is 0 Å². The molecule has 0 bridgehead atoms. The van der Waals surface area contributed by atoms with E-state index in [1.165, 1.54) is 70.6 Å². The van der Waals surface area contributed by atoms with Gasteiger partial charge in [0.25, 0.3) is 0 Å². The molecule has 0 fully saturated rings. The minimum atomic E-state index is -0.870. The molecule has 0 rings (SSSR count). The van der Waals surface area contributed by atoms with E-state index in [0.717, 1.165) is 77.0 Å². The standard InChI is InChI=1S/C44H75NO3/c1-3-5-7-9-11-13-15-17-18-19-20-21-22-23-24-25-26-28-30-32-34-36-38-40-44(48)45-42(41-46)43(47)39-37-35-33-31-29-27-16-14-12-10-8-6-4-2/h5,7,11,13,17-18,20-21,23-24,29,31,37,39,42-43,46-47H,3-4,6,8-10,12,14-16,19,22,25-28,30,32-36,38,40-41H2,1-2H3,(H,45,48)/b7-5-,13-11-,18-17-,21-20-,24-23-,31-29+,39-37+. The molecule has 0 spiro atoms. The van der Waals surface area contributed by atoms with E-state index in [0.29, 0.717) is 6.42 Å². The van der Waals surface area contributed by atoms with Crippen LogP contribution in [0.1, 0.15) is 168 Å². The van der Waals surface area contributed by atoms with E-state index in [9.17, 15) is 15.0 Å². The van der Waals surface area contributed by atoms with E-state index in [1.807, 2.05) is 6.08 Å². The molecular weight excluding hydrogens is 590 g/mol. The molecule has 0 radical (unpaired) electrons. The second-order valence-electron chi connectivity index (χ2n) is 13.0. The molecule has 4 nitrogen and oxygen atoms in total. The Balaban J connectivity index is 3.70. The molecule has 0 aliphatic rings. The van der Waals surface area contributed by atoms with E-state index in [1.54, 1.807) is 6.08 Å². The highest BCUT2D eigenvalue weighted by Gasteiger charge is 2.17. The fourth-order valence-corrected chi connectivity index (χ4v) is 5.34. The van der Waals surface area contributed by atoms with Crippen molar-refractivity contribution in [1.82, 2.24) is 5.32 Å². The van der Waals surface area contributed by atoms with Crippen LogP contribution in [0.25, 0.3) is 0 Å². The Hall–Kier alpha value is -2.43. The van der Waals surface area contributed by atoms with Crippen LogP contribution < -0.4 is 5.32 Å². The van der Waals surface area contributed by atoms with Crippen LogP contribution in [-0.4, -0.2) is 34.9 Å². The molecule has 0 aromatic heterocycles. The first-order valence-corrected chi connectivity index (χ1v) is 19.8. The van der Waals surface area contributed by atoms with Crippen molar-refractivity contribution < 1.29 is 15.0 Å². The third-order valence-electron chi connectivity index (χ3n) is 8.36. The second kappa shape index (κ2) is 39.0. The number of amides is 1. The maximum absolute atomic E-state index is 12.3. The number of hydrogen-bond acceptors (Lipinski definition) is 3. The molecule has 0 aliphatic carbocycles. The van der Waals surface area contributed by atoms with Gasteiger partial charge in [-0.05, 0) is 77.0 Å². The smallest absolute Gasteiger partial charge is 0.220 e. The first kappa shape index (κ1) is 45.6. The van der Waals surface area contributed by atoms with Crippen LogP contribution in [0, 0.1) is 0 Å². The van der Waals surface area contributed by atoms with Crippen molar-refractivity contribution in [2.75, 3.05) is 6.61 Å². The van der Waals surface area contributed by atoms with E-state index >= 15 is 0 Å². The van der Waals surface area contributed by atoms with Crippen molar-refractivity contribution >= 4 is 5.91 Å². The number of unbranched alkanes of at least 4 members (excludes halogenated alkanes) is 15. The fraction of sp³-hybridized carbons (Fsp3) is 0.659. The highest BCUT2D eigenvalue weighted by atomic mass is 16.3. The van der Waals surface area contributed by atoms with Gasteiger partial charge >= 0.3 is 0 Å². The summed E-state index contributed by atoms with van der Waals surface area (Å²) in [5, 5.41) is 22.9. The van der Waals surface area contributed by atoms with E-state index in [2.05, 4.69) is 92.1 Å². The number of nitrogens with one attached hydrogen (secondary N) is 1. The van der Waals surface area contributed by atoms with E-state index < -0.39 is 12.1 Å². The van der Waals surface area contributed by atoms with Gasteiger partial charge in [0.1, 0.15) is 0 Å². The van der Waals surface area contributed by atoms with Gasteiger partial charge in [0.05, 0.1) is 18.8 Å². The topological polar surface area (TPSA) is 69.6 Å². The molecular formula is C44H75NO3. The summed E-state index contributed by atoms with van der Waals surface area (Å²) in [6.07, 6.45) is 56.7. The average Bonchev–Trinajstić information content (AvgIpc) is 3.09. The minimum Gasteiger partial charge on any atom is -0.394 e. The van der Waals surface area contributed by atoms with Crippen LogP contribution in [0.2, 0.25) is 0 Å². The molecule has 0 saturated carbocycles. The lowest BCUT2D eigenvalue weighted by atomic mass is 10.1. The van der Waals surface area contributed by atoms with Crippen LogP contribution >= 0.6 is 0 Å². The number of rotatable bonds is 34. The van der Waals surface area contributed by atoms with Gasteiger partial charge in [0.2, 0.25) is 5.91 Å². The molecule has 0 aliphatic heterocycles. The zero-order valence-electron chi connectivity index (χ0n) is 31.2. The number of aliphatic hydroxyl groups is 2. The SMILES string of the molecule is CC/C=C\C/C=C\C/C=C\C/C=C\C/C=C\CCCCCCCCCC(=O)NC(CO)C(O)/C=C/CC/C=C/CCCCCCCCC. The van der Waals surface area contributed by atoms with Gasteiger partial charge in [-0.25, -0.2) is 0 Å². The molecule has 1 amide bonds. The molecule has 48 heavy (non-hydrogen) atoms. The van der Waals surface area contributed by atoms with Gasteiger partial charge in [0.15, 0.2) is 0 Å². The zero-order chi connectivity index (χ0) is 35.0. The Morgan fingerprint density at radius 2 is 0.938 bits per heavy atom. The predicted octanol–water partition coefficient (Wildman–Crippen LogP) is 12.1. The molecule has 0 heterocycles. The number of aliphatic hydroxyl groups excluding tert-OH is 2. The number of carbonyl (C=O) groups excluding carboxylic acids is 1. The number of allylic oxidation sites excluding steroid dienone is 13. The minimum absolute atomic E-state index is 0.0909. The lowest BCUT2D eigenvalue weighted by Gasteiger charge is -2.19. The van der Waals surface area contributed by atoms with Crippen LogP contribution in [0.5, 0.6) is 0 Å². The van der Waals surface area contributed by atoms with Crippen LogP contribution in [0.4, 0.5) is 0 Å². The van der Waals surface area contributed by atoms with Crippen LogP contribution in [0.3, 0.4) is 0 Å². The average molecular weight is 666 g/mol. The Labute approximate surface area is 297 Å². The normalized spacial score (nSPS) is 14.0. The Morgan fingerprint density at radius 1 is 0.521 bits per heavy atom. The summed E-state index contributed by atoms with van der Waals surface area (Å²) >= 11 is 0. The molecule has 274 valence electrons. The molecule has 0 aromatic carbocycles. The summed E-state index contributed by atoms with van der Waals surface area (Å²) in [6.45, 7) is 4.15. The van der Waals surface area contributed by atoms with Gasteiger partial charge in [0, 0.05) is 6.42 Å². The second-order valence-corrected chi connectivity index (χ2v) is 13.0. The quantitative estimate of drug-likeness (QED) is 0.0473. The third-order valence-corrected chi connectivity index (χ3v) is 8.36. The monoisotopic (exact) mass is 666 g/mol. The van der Waals surface area contributed by atoms with E-state index in [-0.39, 0.29) is 12.5 Å². The van der Waals surface area contributed by atoms with Gasteiger partial charge < -0.3 is 15.5 Å². The summed E-state index contributed by atoms with van der Waals surface area (Å²) in [7, 11) is 0. The Kier molecular flexibility index (Phi) is 37.0. The first-order chi connectivity index (χ1) is 23.7. The lowest BCUT2D eigenvalue weighted by molar-refractivity contribution is -0.123. The largest absolute Gasteiger partial charge is 0.394 e. The van der Waals surface area contributed by atoms with Crippen molar-refractivity contribution in [3.8, 4) is 0 Å². The maximum atomic E-state index is 12.3. The highest BCUT2D eigenvalue weighted by Crippen LogP contribution is 2.11. The third kappa shape index (κ3) is 34.9. The summed E-state index contributed by atoms with van der Waals surface area (Å²) in [4.78, 5) is 12.3. The van der Waals surface area contributed by atoms with Crippen molar-refractivity contribution in [2.45, 2.75) is 180 Å². The molecule has 2 unspecified atom stereocenters. The van der Waals surface area contributed by atoms with Crippen molar-refractivity contribution in [1.29, 1.82) is 0 Å². The molecule has 2 atom stereocenters. The molecule has 0 aromatic rings. The molecule has 3 N–H and O–H groups in total. The van der Waals surface area contributed by atoms with Gasteiger partial charge in [-0.1, -0.05) is 170 Å². The molecule has 4 heteroatoms. The van der Waals surface area contributed by atoms with Crippen molar-refractivity contribution in [3.63, 3.8) is 0 Å². The first-order valence-electron chi connectivity index (χ1n) is 19.8. The van der Waals surface area contributed by atoms with Gasteiger partial charge in [-0.2, -0.15) is 0 Å². The zero-order valence-corrected chi connectivity index (χ0v) is 31.2. The van der Waals surface area contributed by atoms with Crippen molar-refractivity contribution in [3.05, 3.63) is 85.1 Å².